The van der Waals surface area contributed by atoms with Gasteiger partial charge in [0.25, 0.3) is 5.91 Å². The quantitative estimate of drug-likeness (QED) is 0.827. The normalized spacial score (nSPS) is 25.0. The maximum Gasteiger partial charge on any atom is 0.253 e. The summed E-state index contributed by atoms with van der Waals surface area (Å²) >= 11 is 0. The van der Waals surface area contributed by atoms with Crippen LogP contribution in [0.4, 0.5) is 0 Å². The first-order valence-electron chi connectivity index (χ1n) is 9.96. The minimum absolute atomic E-state index is 0.143. The van der Waals surface area contributed by atoms with Crippen LogP contribution < -0.4 is 0 Å². The Labute approximate surface area is 158 Å². The monoisotopic (exact) mass is 370 g/mol. The zero-order chi connectivity index (χ0) is 18.3. The highest BCUT2D eigenvalue weighted by Crippen LogP contribution is 2.40. The van der Waals surface area contributed by atoms with E-state index in [9.17, 15) is 4.79 Å². The maximum absolute atomic E-state index is 13.0. The second-order valence-electron chi connectivity index (χ2n) is 7.89. The summed E-state index contributed by atoms with van der Waals surface area (Å²) in [5, 5.41) is 0. The highest BCUT2D eigenvalue weighted by Gasteiger charge is 2.47. The summed E-state index contributed by atoms with van der Waals surface area (Å²) in [4.78, 5) is 21.9. The van der Waals surface area contributed by atoms with Crippen molar-refractivity contribution in [1.82, 2.24) is 19.4 Å². The zero-order valence-electron chi connectivity index (χ0n) is 15.5. The van der Waals surface area contributed by atoms with Crippen molar-refractivity contribution in [1.29, 1.82) is 0 Å². The van der Waals surface area contributed by atoms with E-state index in [4.69, 9.17) is 9.15 Å². The fraction of sp³-hybridized carbons (Fsp3) is 0.600. The van der Waals surface area contributed by atoms with Crippen LogP contribution in [-0.4, -0.2) is 57.5 Å². The molecule has 0 aliphatic carbocycles. The number of hydrogen-bond acceptors (Lipinski definition) is 5. The van der Waals surface area contributed by atoms with Gasteiger partial charge in [-0.05, 0) is 37.8 Å². The van der Waals surface area contributed by atoms with Crippen LogP contribution in [0.3, 0.4) is 0 Å². The van der Waals surface area contributed by atoms with Crippen molar-refractivity contribution >= 4 is 5.91 Å². The average Bonchev–Trinajstić information content (AvgIpc) is 3.45. The number of ether oxygens (including phenoxy) is 1. The van der Waals surface area contributed by atoms with Crippen LogP contribution in [0.2, 0.25) is 0 Å². The summed E-state index contributed by atoms with van der Waals surface area (Å²) in [6.45, 7) is 4.91. The van der Waals surface area contributed by atoms with E-state index >= 15 is 0 Å². The molecule has 7 nitrogen and oxygen atoms in total. The fourth-order valence-electron chi connectivity index (χ4n) is 4.70. The van der Waals surface area contributed by atoms with Gasteiger partial charge in [-0.3, -0.25) is 9.69 Å². The van der Waals surface area contributed by atoms with E-state index in [1.54, 1.807) is 6.26 Å². The molecule has 144 valence electrons. The van der Waals surface area contributed by atoms with Gasteiger partial charge in [0.2, 0.25) is 0 Å². The summed E-state index contributed by atoms with van der Waals surface area (Å²) in [6.07, 6.45) is 9.02. The highest BCUT2D eigenvalue weighted by molar-refractivity contribution is 5.81. The van der Waals surface area contributed by atoms with Crippen LogP contribution >= 0.6 is 0 Å². The number of nitrogens with zero attached hydrogens (tertiary/aromatic N) is 4. The molecule has 0 aromatic carbocycles. The molecule has 1 spiro atoms. The van der Waals surface area contributed by atoms with Gasteiger partial charge in [0.05, 0.1) is 19.4 Å². The molecule has 2 aromatic heterocycles. The first-order chi connectivity index (χ1) is 13.2. The van der Waals surface area contributed by atoms with Gasteiger partial charge in [0.15, 0.2) is 6.10 Å². The number of carbonyl (C=O) groups excluding carboxylic acids is 1. The Bertz CT molecular complexity index is 786. The van der Waals surface area contributed by atoms with Gasteiger partial charge in [0.1, 0.15) is 17.2 Å². The van der Waals surface area contributed by atoms with Crippen LogP contribution in [0.15, 0.2) is 35.2 Å². The Kier molecular flexibility index (Phi) is 4.28. The van der Waals surface area contributed by atoms with E-state index < -0.39 is 11.7 Å². The molecule has 2 saturated heterocycles. The Morgan fingerprint density at radius 1 is 1.22 bits per heavy atom. The van der Waals surface area contributed by atoms with Crippen LogP contribution in [-0.2, 0) is 28.2 Å². The van der Waals surface area contributed by atoms with Gasteiger partial charge in [-0.1, -0.05) is 0 Å². The van der Waals surface area contributed by atoms with E-state index in [1.165, 1.54) is 0 Å². The minimum Gasteiger partial charge on any atom is -0.468 e. The molecule has 0 saturated carbocycles. The smallest absolute Gasteiger partial charge is 0.253 e. The lowest BCUT2D eigenvalue weighted by Crippen LogP contribution is -2.54. The molecule has 1 amide bonds. The van der Waals surface area contributed by atoms with E-state index in [0.717, 1.165) is 70.0 Å². The second-order valence-corrected chi connectivity index (χ2v) is 7.89. The number of amides is 1. The number of furan rings is 1. The molecule has 2 fully saturated rings. The summed E-state index contributed by atoms with van der Waals surface area (Å²) in [5.74, 6) is 2.11. The third-order valence-electron chi connectivity index (χ3n) is 6.17. The zero-order valence-corrected chi connectivity index (χ0v) is 15.5. The van der Waals surface area contributed by atoms with Gasteiger partial charge < -0.3 is 18.6 Å². The van der Waals surface area contributed by atoms with E-state index in [0.29, 0.717) is 6.54 Å². The lowest BCUT2D eigenvalue weighted by Gasteiger charge is -2.45. The molecule has 5 rings (SSSR count). The van der Waals surface area contributed by atoms with Gasteiger partial charge in [-0.15, -0.1) is 0 Å². The van der Waals surface area contributed by atoms with Gasteiger partial charge in [-0.2, -0.15) is 0 Å². The molecule has 3 aliphatic heterocycles. The lowest BCUT2D eigenvalue weighted by atomic mass is 9.88. The number of fused-ring (bicyclic) bond motifs is 2. The number of rotatable bonds is 3. The number of aromatic nitrogens is 2. The average molecular weight is 370 g/mol. The third kappa shape index (κ3) is 3.08. The first-order valence-corrected chi connectivity index (χ1v) is 9.96. The largest absolute Gasteiger partial charge is 0.468 e. The Balaban J connectivity index is 1.33. The number of hydrogen-bond donors (Lipinski definition) is 0. The Morgan fingerprint density at radius 3 is 2.78 bits per heavy atom. The van der Waals surface area contributed by atoms with Crippen molar-refractivity contribution in [2.45, 2.75) is 50.5 Å². The Morgan fingerprint density at radius 2 is 2.04 bits per heavy atom. The first kappa shape index (κ1) is 17.0. The van der Waals surface area contributed by atoms with Crippen LogP contribution in [0.5, 0.6) is 0 Å². The molecule has 5 heterocycles. The van der Waals surface area contributed by atoms with Crippen LogP contribution in [0, 0.1) is 0 Å². The lowest BCUT2D eigenvalue weighted by molar-refractivity contribution is -0.180. The predicted octanol–water partition coefficient (Wildman–Crippen LogP) is 1.99. The topological polar surface area (TPSA) is 63.7 Å². The summed E-state index contributed by atoms with van der Waals surface area (Å²) in [5.41, 5.74) is -0.457. The minimum atomic E-state index is -0.457. The molecule has 2 aromatic rings. The molecule has 0 bridgehead atoms. The van der Waals surface area contributed by atoms with Crippen molar-refractivity contribution in [2.24, 2.45) is 0 Å². The van der Waals surface area contributed by atoms with Gasteiger partial charge in [-0.25, -0.2) is 4.98 Å². The highest BCUT2D eigenvalue weighted by atomic mass is 16.5. The maximum atomic E-state index is 13.0. The molecule has 0 N–H and O–H groups in total. The SMILES string of the molecule is O=C([C@@H]1Cn2ccnc2C2(CCN(Cc3ccco3)CC2)O1)N1CCCC1. The number of carbonyl (C=O) groups is 1. The molecule has 1 atom stereocenters. The summed E-state index contributed by atoms with van der Waals surface area (Å²) in [6, 6.07) is 3.94. The number of piperidine rings is 1. The van der Waals surface area contributed by atoms with E-state index in [2.05, 4.69) is 14.5 Å². The Hall–Kier alpha value is -2.12. The molecule has 0 unspecified atom stereocenters. The van der Waals surface area contributed by atoms with E-state index in [-0.39, 0.29) is 5.91 Å². The number of likely N-dealkylation sites (tertiary alicyclic amines) is 2. The molecular formula is C20H26N4O3. The molecule has 0 radical (unpaired) electrons. The second kappa shape index (κ2) is 6.80. The third-order valence-corrected chi connectivity index (χ3v) is 6.17. The molecule has 27 heavy (non-hydrogen) atoms. The van der Waals surface area contributed by atoms with Crippen molar-refractivity contribution in [3.63, 3.8) is 0 Å². The summed E-state index contributed by atoms with van der Waals surface area (Å²) < 4.78 is 14.1. The van der Waals surface area contributed by atoms with E-state index in [1.807, 2.05) is 29.4 Å². The standard InChI is InChI=1S/C20H26N4O3/c25-18(23-8-1-2-9-23)17-15-24-12-7-21-19(24)20(27-17)5-10-22(11-6-20)14-16-4-3-13-26-16/h3-4,7,12-13,17H,1-2,5-6,8-11,14-15H2/t17-/m0/s1. The van der Waals surface area contributed by atoms with Crippen LogP contribution in [0.25, 0.3) is 0 Å². The molecule has 7 heteroatoms. The van der Waals surface area contributed by atoms with Crippen molar-refractivity contribution < 1.29 is 13.9 Å². The van der Waals surface area contributed by atoms with Gasteiger partial charge in [0, 0.05) is 38.6 Å². The van der Waals surface area contributed by atoms with Crippen molar-refractivity contribution in [3.05, 3.63) is 42.4 Å². The summed E-state index contributed by atoms with van der Waals surface area (Å²) in [7, 11) is 0. The fourth-order valence-corrected chi connectivity index (χ4v) is 4.70. The number of imidazole rings is 1. The van der Waals surface area contributed by atoms with Crippen molar-refractivity contribution in [2.75, 3.05) is 26.2 Å². The molecular weight excluding hydrogens is 344 g/mol. The molecule has 3 aliphatic rings. The van der Waals surface area contributed by atoms with Gasteiger partial charge >= 0.3 is 0 Å². The van der Waals surface area contributed by atoms with Crippen LogP contribution in [0.1, 0.15) is 37.3 Å². The predicted molar refractivity (Wildman–Crippen MR) is 97.8 cm³/mol. The van der Waals surface area contributed by atoms with Crippen molar-refractivity contribution in [3.8, 4) is 0 Å².